The van der Waals surface area contributed by atoms with E-state index in [-0.39, 0.29) is 31.4 Å². The highest BCUT2D eigenvalue weighted by molar-refractivity contribution is 5.85. The molecule has 1 saturated heterocycles. The standard InChI is InChI=1S/C18H30N2O3.2ClH/c1-15(2)17-5-3-4-6-18(17)23-14-16(22)13-20-9-7-19(8-10-20)11-12-21;;/h3-6,15-16,21-22H,7-14H2,1-2H3;2*1H. The first kappa shape index (κ1) is 24.4. The zero-order valence-electron chi connectivity index (χ0n) is 15.1. The Morgan fingerprint density at radius 3 is 2.24 bits per heavy atom. The fourth-order valence-electron chi connectivity index (χ4n) is 2.96. The fraction of sp³-hybridized carbons (Fsp3) is 0.667. The molecule has 1 atom stereocenters. The SMILES string of the molecule is CC(C)c1ccccc1OCC(O)CN1CCN(CCO)CC1.Cl.Cl. The maximum Gasteiger partial charge on any atom is 0.122 e. The van der Waals surface area contributed by atoms with Gasteiger partial charge in [0.25, 0.3) is 0 Å². The number of hydrogen-bond acceptors (Lipinski definition) is 5. The Labute approximate surface area is 163 Å². The van der Waals surface area contributed by atoms with Crippen molar-refractivity contribution in [2.45, 2.75) is 25.9 Å². The van der Waals surface area contributed by atoms with E-state index in [4.69, 9.17) is 9.84 Å². The van der Waals surface area contributed by atoms with Crippen LogP contribution in [0, 0.1) is 0 Å². The van der Waals surface area contributed by atoms with Gasteiger partial charge in [0, 0.05) is 39.3 Å². The monoisotopic (exact) mass is 394 g/mol. The van der Waals surface area contributed by atoms with E-state index >= 15 is 0 Å². The first-order valence-corrected chi connectivity index (χ1v) is 8.55. The van der Waals surface area contributed by atoms with Crippen LogP contribution in [0.3, 0.4) is 0 Å². The van der Waals surface area contributed by atoms with Gasteiger partial charge in [-0.1, -0.05) is 32.0 Å². The number of nitrogens with zero attached hydrogens (tertiary/aromatic N) is 2. The molecule has 1 fully saturated rings. The van der Waals surface area contributed by atoms with E-state index < -0.39 is 6.10 Å². The molecule has 0 aliphatic carbocycles. The van der Waals surface area contributed by atoms with E-state index in [0.29, 0.717) is 19.1 Å². The predicted molar refractivity (Wildman–Crippen MR) is 106 cm³/mol. The van der Waals surface area contributed by atoms with Crippen molar-refractivity contribution >= 4 is 24.8 Å². The van der Waals surface area contributed by atoms with Gasteiger partial charge in [-0.3, -0.25) is 9.80 Å². The van der Waals surface area contributed by atoms with Crippen LogP contribution < -0.4 is 4.74 Å². The van der Waals surface area contributed by atoms with Crippen molar-refractivity contribution in [2.75, 3.05) is 52.5 Å². The molecule has 2 N–H and O–H groups in total. The summed E-state index contributed by atoms with van der Waals surface area (Å²) in [6.45, 7) is 9.96. The molecule has 0 radical (unpaired) electrons. The molecule has 0 amide bonds. The summed E-state index contributed by atoms with van der Waals surface area (Å²) >= 11 is 0. The van der Waals surface area contributed by atoms with Crippen molar-refractivity contribution in [3.63, 3.8) is 0 Å². The second-order valence-corrected chi connectivity index (χ2v) is 6.52. The Morgan fingerprint density at radius 2 is 1.64 bits per heavy atom. The number of β-amino-alcohol motifs (C(OH)–C–C–N with tert-alkyl or cyclic N) is 2. The largest absolute Gasteiger partial charge is 0.491 e. The normalized spacial score (nSPS) is 16.8. The second kappa shape index (κ2) is 12.7. The Morgan fingerprint density at radius 1 is 1.04 bits per heavy atom. The highest BCUT2D eigenvalue weighted by Crippen LogP contribution is 2.25. The number of para-hydroxylation sites is 1. The summed E-state index contributed by atoms with van der Waals surface area (Å²) in [7, 11) is 0. The molecule has 5 nitrogen and oxygen atoms in total. The molecule has 0 bridgehead atoms. The smallest absolute Gasteiger partial charge is 0.122 e. The van der Waals surface area contributed by atoms with Crippen molar-refractivity contribution < 1.29 is 14.9 Å². The van der Waals surface area contributed by atoms with Crippen molar-refractivity contribution in [3.05, 3.63) is 29.8 Å². The number of hydrogen-bond donors (Lipinski definition) is 2. The first-order valence-electron chi connectivity index (χ1n) is 8.55. The molecule has 1 aliphatic heterocycles. The maximum absolute atomic E-state index is 10.2. The highest BCUT2D eigenvalue weighted by atomic mass is 35.5. The number of benzene rings is 1. The van der Waals surface area contributed by atoms with Gasteiger partial charge in [-0.05, 0) is 17.5 Å². The summed E-state index contributed by atoms with van der Waals surface area (Å²) in [5.74, 6) is 1.28. The molecule has 0 saturated carbocycles. The van der Waals surface area contributed by atoms with Crippen LogP contribution in [0.25, 0.3) is 0 Å². The van der Waals surface area contributed by atoms with Crippen LogP contribution in [0.2, 0.25) is 0 Å². The fourth-order valence-corrected chi connectivity index (χ4v) is 2.96. The predicted octanol–water partition coefficient (Wildman–Crippen LogP) is 2.00. The molecule has 1 aromatic rings. The van der Waals surface area contributed by atoms with Gasteiger partial charge in [0.15, 0.2) is 0 Å². The Bertz CT molecular complexity index is 469. The molecular formula is C18H32Cl2N2O3. The zero-order valence-corrected chi connectivity index (χ0v) is 16.8. The van der Waals surface area contributed by atoms with Gasteiger partial charge in [-0.2, -0.15) is 0 Å². The van der Waals surface area contributed by atoms with Gasteiger partial charge in [-0.15, -0.1) is 24.8 Å². The van der Waals surface area contributed by atoms with Gasteiger partial charge in [0.2, 0.25) is 0 Å². The van der Waals surface area contributed by atoms with E-state index in [1.165, 1.54) is 5.56 Å². The number of aliphatic hydroxyl groups excluding tert-OH is 2. The third kappa shape index (κ3) is 8.11. The summed E-state index contributed by atoms with van der Waals surface area (Å²) in [5.41, 5.74) is 1.18. The minimum Gasteiger partial charge on any atom is -0.491 e. The van der Waals surface area contributed by atoms with Crippen molar-refractivity contribution in [2.24, 2.45) is 0 Å². The maximum atomic E-state index is 10.2. The van der Waals surface area contributed by atoms with Crippen molar-refractivity contribution in [1.29, 1.82) is 0 Å². The summed E-state index contributed by atoms with van der Waals surface area (Å²) in [5, 5.41) is 19.2. The molecule has 1 aromatic carbocycles. The van der Waals surface area contributed by atoms with Gasteiger partial charge < -0.3 is 14.9 Å². The zero-order chi connectivity index (χ0) is 16.7. The van der Waals surface area contributed by atoms with E-state index in [1.807, 2.05) is 18.2 Å². The molecule has 146 valence electrons. The quantitative estimate of drug-likeness (QED) is 0.705. The molecule has 7 heteroatoms. The van der Waals surface area contributed by atoms with Gasteiger partial charge in [-0.25, -0.2) is 0 Å². The lowest BCUT2D eigenvalue weighted by atomic mass is 10.0. The summed E-state index contributed by atoms with van der Waals surface area (Å²) in [6, 6.07) is 8.03. The summed E-state index contributed by atoms with van der Waals surface area (Å²) < 4.78 is 5.84. The topological polar surface area (TPSA) is 56.2 Å². The Balaban J connectivity index is 0.00000288. The second-order valence-electron chi connectivity index (χ2n) is 6.52. The molecular weight excluding hydrogens is 363 g/mol. The van der Waals surface area contributed by atoms with E-state index in [1.54, 1.807) is 0 Å². The van der Waals surface area contributed by atoms with Crippen LogP contribution in [-0.4, -0.2) is 78.6 Å². The van der Waals surface area contributed by atoms with Crippen LogP contribution in [0.1, 0.15) is 25.3 Å². The number of halogens is 2. The van der Waals surface area contributed by atoms with Crippen molar-refractivity contribution in [3.8, 4) is 5.75 Å². The molecule has 1 heterocycles. The van der Waals surface area contributed by atoms with Gasteiger partial charge >= 0.3 is 0 Å². The third-order valence-electron chi connectivity index (χ3n) is 4.32. The third-order valence-corrected chi connectivity index (χ3v) is 4.32. The molecule has 2 rings (SSSR count). The van der Waals surface area contributed by atoms with E-state index in [0.717, 1.165) is 38.5 Å². The molecule has 25 heavy (non-hydrogen) atoms. The number of piperazine rings is 1. The molecule has 0 aromatic heterocycles. The van der Waals surface area contributed by atoms with Crippen molar-refractivity contribution in [1.82, 2.24) is 9.80 Å². The minimum absolute atomic E-state index is 0. The van der Waals surface area contributed by atoms with Gasteiger partial charge in [0.1, 0.15) is 18.5 Å². The van der Waals surface area contributed by atoms with Crippen LogP contribution >= 0.6 is 24.8 Å². The number of aliphatic hydroxyl groups is 2. The lowest BCUT2D eigenvalue weighted by Gasteiger charge is -2.35. The Kier molecular flexibility index (Phi) is 12.5. The van der Waals surface area contributed by atoms with Crippen LogP contribution in [0.5, 0.6) is 5.75 Å². The van der Waals surface area contributed by atoms with Crippen LogP contribution in [-0.2, 0) is 0 Å². The highest BCUT2D eigenvalue weighted by Gasteiger charge is 2.19. The van der Waals surface area contributed by atoms with E-state index in [2.05, 4.69) is 29.7 Å². The van der Waals surface area contributed by atoms with Crippen LogP contribution in [0.4, 0.5) is 0 Å². The van der Waals surface area contributed by atoms with Crippen LogP contribution in [0.15, 0.2) is 24.3 Å². The first-order chi connectivity index (χ1) is 11.1. The average Bonchev–Trinajstić information content (AvgIpc) is 2.55. The minimum atomic E-state index is -0.486. The number of ether oxygens (including phenoxy) is 1. The summed E-state index contributed by atoms with van der Waals surface area (Å²) in [4.78, 5) is 4.51. The summed E-state index contributed by atoms with van der Waals surface area (Å²) in [6.07, 6.45) is -0.486. The molecule has 1 unspecified atom stereocenters. The average molecular weight is 395 g/mol. The van der Waals surface area contributed by atoms with Gasteiger partial charge in [0.05, 0.1) is 6.61 Å². The molecule has 0 spiro atoms. The van der Waals surface area contributed by atoms with E-state index in [9.17, 15) is 5.11 Å². The Hall–Kier alpha value is -0.560. The number of rotatable bonds is 8. The lowest BCUT2D eigenvalue weighted by molar-refractivity contribution is 0.0426. The lowest BCUT2D eigenvalue weighted by Crippen LogP contribution is -2.49. The molecule has 1 aliphatic rings.